The molecule has 0 radical (unpaired) electrons. The van der Waals surface area contributed by atoms with Crippen LogP contribution in [0.25, 0.3) is 0 Å². The first-order chi connectivity index (χ1) is 12.1. The van der Waals surface area contributed by atoms with Crippen molar-refractivity contribution in [1.29, 1.82) is 0 Å². The molecule has 25 heavy (non-hydrogen) atoms. The predicted molar refractivity (Wildman–Crippen MR) is 104 cm³/mol. The van der Waals surface area contributed by atoms with E-state index in [2.05, 4.69) is 24.5 Å². The Hall–Kier alpha value is -1.40. The molecule has 0 aromatic heterocycles. The minimum atomic E-state index is 0.0798. The number of amides is 1. The molecule has 1 aromatic carbocycles. The summed E-state index contributed by atoms with van der Waals surface area (Å²) in [6, 6.07) is 6.10. The quantitative estimate of drug-likeness (QED) is 0.704. The van der Waals surface area contributed by atoms with Crippen LogP contribution in [0.3, 0.4) is 0 Å². The molecule has 1 aliphatic rings. The van der Waals surface area contributed by atoms with E-state index in [0.717, 1.165) is 35.8 Å². The Balaban J connectivity index is 1.81. The van der Waals surface area contributed by atoms with Gasteiger partial charge in [-0.3, -0.25) is 4.79 Å². The molecule has 0 bridgehead atoms. The van der Waals surface area contributed by atoms with Crippen molar-refractivity contribution >= 4 is 17.7 Å². The van der Waals surface area contributed by atoms with E-state index in [4.69, 9.17) is 9.47 Å². The summed E-state index contributed by atoms with van der Waals surface area (Å²) in [5.41, 5.74) is 1.01. The smallest absolute Gasteiger partial charge is 0.221 e. The van der Waals surface area contributed by atoms with Gasteiger partial charge in [-0.15, -0.1) is 0 Å². The van der Waals surface area contributed by atoms with E-state index in [-0.39, 0.29) is 11.9 Å². The molecule has 1 fully saturated rings. The molecule has 2 rings (SSSR count). The SMILES string of the molecule is COc1cc(CNC(=O)CC2CSCCN2)ccc1OCCC(C)C. The highest BCUT2D eigenvalue weighted by atomic mass is 32.2. The number of hydrogen-bond acceptors (Lipinski definition) is 5. The van der Waals surface area contributed by atoms with Crippen molar-refractivity contribution in [1.82, 2.24) is 10.6 Å². The molecule has 2 N–H and O–H groups in total. The van der Waals surface area contributed by atoms with Crippen molar-refractivity contribution in [3.8, 4) is 11.5 Å². The maximum Gasteiger partial charge on any atom is 0.221 e. The van der Waals surface area contributed by atoms with Gasteiger partial charge < -0.3 is 20.1 Å². The molecule has 6 heteroatoms. The van der Waals surface area contributed by atoms with Crippen LogP contribution in [-0.2, 0) is 11.3 Å². The Morgan fingerprint density at radius 3 is 2.92 bits per heavy atom. The van der Waals surface area contributed by atoms with Gasteiger partial charge in [0.25, 0.3) is 0 Å². The lowest BCUT2D eigenvalue weighted by molar-refractivity contribution is -0.121. The molecule has 0 aliphatic carbocycles. The lowest BCUT2D eigenvalue weighted by atomic mass is 10.1. The van der Waals surface area contributed by atoms with Crippen LogP contribution in [0.15, 0.2) is 18.2 Å². The third kappa shape index (κ3) is 7.16. The number of carbonyl (C=O) groups is 1. The molecule has 1 heterocycles. The summed E-state index contributed by atoms with van der Waals surface area (Å²) in [7, 11) is 1.64. The number of carbonyl (C=O) groups excluding carboxylic acids is 1. The van der Waals surface area contributed by atoms with E-state index in [0.29, 0.717) is 31.2 Å². The zero-order chi connectivity index (χ0) is 18.1. The second kappa shape index (κ2) is 10.6. The first-order valence-electron chi connectivity index (χ1n) is 8.96. The van der Waals surface area contributed by atoms with E-state index in [1.54, 1.807) is 7.11 Å². The van der Waals surface area contributed by atoms with Gasteiger partial charge in [0.05, 0.1) is 13.7 Å². The third-order valence-corrected chi connectivity index (χ3v) is 5.23. The Morgan fingerprint density at radius 2 is 2.24 bits per heavy atom. The van der Waals surface area contributed by atoms with Gasteiger partial charge >= 0.3 is 0 Å². The van der Waals surface area contributed by atoms with Crippen molar-refractivity contribution < 1.29 is 14.3 Å². The van der Waals surface area contributed by atoms with Crippen LogP contribution in [-0.4, -0.2) is 43.7 Å². The van der Waals surface area contributed by atoms with E-state index < -0.39 is 0 Å². The van der Waals surface area contributed by atoms with Crippen LogP contribution in [0.1, 0.15) is 32.3 Å². The molecular formula is C19H30N2O3S. The summed E-state index contributed by atoms with van der Waals surface area (Å²) in [4.78, 5) is 12.1. The standard InChI is InChI=1S/C19H30N2O3S/c1-14(2)6-8-24-17-5-4-15(10-18(17)23-3)12-21-19(22)11-16-13-25-9-7-20-16/h4-5,10,14,16,20H,6-9,11-13H2,1-3H3,(H,21,22). The zero-order valence-electron chi connectivity index (χ0n) is 15.5. The van der Waals surface area contributed by atoms with Crippen LogP contribution < -0.4 is 20.1 Å². The monoisotopic (exact) mass is 366 g/mol. The first kappa shape index (κ1) is 19.9. The molecule has 1 amide bonds. The van der Waals surface area contributed by atoms with E-state index in [9.17, 15) is 4.79 Å². The Labute approximate surface area is 155 Å². The predicted octanol–water partition coefficient (Wildman–Crippen LogP) is 2.83. The molecule has 0 spiro atoms. The average molecular weight is 367 g/mol. The van der Waals surface area contributed by atoms with E-state index >= 15 is 0 Å². The van der Waals surface area contributed by atoms with Crippen LogP contribution in [0.5, 0.6) is 11.5 Å². The summed E-state index contributed by atoms with van der Waals surface area (Å²) in [5.74, 6) is 4.28. The number of methoxy groups -OCH3 is 1. The normalized spacial score (nSPS) is 17.4. The maximum atomic E-state index is 12.1. The number of ether oxygens (including phenoxy) is 2. The number of rotatable bonds is 9. The van der Waals surface area contributed by atoms with Crippen LogP contribution >= 0.6 is 11.8 Å². The van der Waals surface area contributed by atoms with E-state index in [1.165, 1.54) is 0 Å². The minimum Gasteiger partial charge on any atom is -0.493 e. The topological polar surface area (TPSA) is 59.6 Å². The summed E-state index contributed by atoms with van der Waals surface area (Å²) in [5, 5.41) is 6.37. The number of hydrogen-bond donors (Lipinski definition) is 2. The summed E-state index contributed by atoms with van der Waals surface area (Å²) in [6.45, 7) is 6.51. The van der Waals surface area contributed by atoms with Crippen LogP contribution in [0.2, 0.25) is 0 Å². The molecule has 1 saturated heterocycles. The number of benzene rings is 1. The number of thioether (sulfide) groups is 1. The summed E-state index contributed by atoms with van der Waals surface area (Å²) < 4.78 is 11.2. The van der Waals surface area contributed by atoms with Gasteiger partial charge in [-0.1, -0.05) is 19.9 Å². The van der Waals surface area contributed by atoms with Gasteiger partial charge in [0, 0.05) is 37.1 Å². The molecule has 1 atom stereocenters. The third-order valence-electron chi connectivity index (χ3n) is 4.10. The van der Waals surface area contributed by atoms with Crippen molar-refractivity contribution in [3.05, 3.63) is 23.8 Å². The largest absolute Gasteiger partial charge is 0.493 e. The molecular weight excluding hydrogens is 336 g/mol. The fourth-order valence-electron chi connectivity index (χ4n) is 2.59. The molecule has 5 nitrogen and oxygen atoms in total. The maximum absolute atomic E-state index is 12.1. The van der Waals surface area contributed by atoms with Crippen molar-refractivity contribution in [2.75, 3.05) is 31.8 Å². The lowest BCUT2D eigenvalue weighted by Crippen LogP contribution is -2.41. The van der Waals surface area contributed by atoms with Gasteiger partial charge in [0.2, 0.25) is 5.91 Å². The lowest BCUT2D eigenvalue weighted by Gasteiger charge is -2.22. The Bertz CT molecular complexity index is 545. The molecule has 140 valence electrons. The highest BCUT2D eigenvalue weighted by Gasteiger charge is 2.16. The Morgan fingerprint density at radius 1 is 1.40 bits per heavy atom. The molecule has 0 saturated carbocycles. The van der Waals surface area contributed by atoms with Gasteiger partial charge in [-0.05, 0) is 30.0 Å². The van der Waals surface area contributed by atoms with Gasteiger partial charge in [0.15, 0.2) is 11.5 Å². The van der Waals surface area contributed by atoms with E-state index in [1.807, 2.05) is 30.0 Å². The molecule has 1 unspecified atom stereocenters. The van der Waals surface area contributed by atoms with Crippen molar-refractivity contribution in [2.24, 2.45) is 5.92 Å². The van der Waals surface area contributed by atoms with Crippen molar-refractivity contribution in [3.63, 3.8) is 0 Å². The Kier molecular flexibility index (Phi) is 8.41. The fourth-order valence-corrected chi connectivity index (χ4v) is 3.54. The molecule has 1 aromatic rings. The van der Waals surface area contributed by atoms with Crippen molar-refractivity contribution in [2.45, 2.75) is 39.3 Å². The minimum absolute atomic E-state index is 0.0798. The van der Waals surface area contributed by atoms with Crippen LogP contribution in [0.4, 0.5) is 0 Å². The zero-order valence-corrected chi connectivity index (χ0v) is 16.3. The average Bonchev–Trinajstić information content (AvgIpc) is 2.61. The summed E-state index contributed by atoms with van der Waals surface area (Å²) in [6.07, 6.45) is 1.54. The highest BCUT2D eigenvalue weighted by Crippen LogP contribution is 2.28. The summed E-state index contributed by atoms with van der Waals surface area (Å²) >= 11 is 1.90. The fraction of sp³-hybridized carbons (Fsp3) is 0.632. The second-order valence-corrected chi connectivity index (χ2v) is 7.87. The molecule has 1 aliphatic heterocycles. The van der Waals surface area contributed by atoms with Gasteiger partial charge in [0.1, 0.15) is 0 Å². The first-order valence-corrected chi connectivity index (χ1v) is 10.1. The van der Waals surface area contributed by atoms with Crippen LogP contribution in [0, 0.1) is 5.92 Å². The van der Waals surface area contributed by atoms with Gasteiger partial charge in [-0.25, -0.2) is 0 Å². The number of nitrogens with one attached hydrogen (secondary N) is 2. The highest BCUT2D eigenvalue weighted by molar-refractivity contribution is 7.99. The second-order valence-electron chi connectivity index (χ2n) is 6.72. The van der Waals surface area contributed by atoms with Gasteiger partial charge in [-0.2, -0.15) is 11.8 Å².